The van der Waals surface area contributed by atoms with E-state index in [0.717, 1.165) is 9.13 Å². The van der Waals surface area contributed by atoms with Crippen LogP contribution >= 0.6 is 35.0 Å². The Labute approximate surface area is 144 Å². The fourth-order valence-corrected chi connectivity index (χ4v) is 2.84. The van der Waals surface area contributed by atoms with Crippen molar-refractivity contribution in [1.29, 1.82) is 0 Å². The molecule has 0 radical (unpaired) electrons. The van der Waals surface area contributed by atoms with Crippen molar-refractivity contribution in [2.24, 2.45) is 5.73 Å². The number of nitrogens with two attached hydrogens (primary N) is 1. The Balaban J connectivity index is 0.00000220. The van der Waals surface area contributed by atoms with Crippen molar-refractivity contribution in [3.63, 3.8) is 0 Å². The zero-order valence-electron chi connectivity index (χ0n) is 11.8. The molecule has 2 rings (SSSR count). The average molecular weight is 424 g/mol. The lowest BCUT2D eigenvalue weighted by Crippen LogP contribution is -2.53. The molecule has 21 heavy (non-hydrogen) atoms. The zero-order chi connectivity index (χ0) is 14.7. The van der Waals surface area contributed by atoms with E-state index >= 15 is 0 Å². The van der Waals surface area contributed by atoms with Gasteiger partial charge in [0, 0.05) is 29.7 Å². The molecule has 0 spiro atoms. The van der Waals surface area contributed by atoms with Crippen LogP contribution in [0.2, 0.25) is 0 Å². The number of nitrogens with zero attached hydrogens (tertiary/aromatic N) is 2. The van der Waals surface area contributed by atoms with Gasteiger partial charge in [0.25, 0.3) is 5.91 Å². The maximum absolute atomic E-state index is 12.4. The van der Waals surface area contributed by atoms with Crippen LogP contribution in [0, 0.1) is 3.57 Å². The van der Waals surface area contributed by atoms with Crippen LogP contribution in [0.25, 0.3) is 0 Å². The van der Waals surface area contributed by atoms with Crippen molar-refractivity contribution < 1.29 is 9.59 Å². The zero-order valence-corrected chi connectivity index (χ0v) is 14.8. The lowest BCUT2D eigenvalue weighted by atomic mass is 10.1. The van der Waals surface area contributed by atoms with E-state index in [1.807, 2.05) is 24.3 Å². The van der Waals surface area contributed by atoms with E-state index < -0.39 is 6.04 Å². The van der Waals surface area contributed by atoms with E-state index in [0.29, 0.717) is 26.2 Å². The van der Waals surface area contributed by atoms with Gasteiger partial charge in [0.15, 0.2) is 0 Å². The van der Waals surface area contributed by atoms with Crippen LogP contribution in [0.3, 0.4) is 0 Å². The molecule has 1 heterocycles. The standard InChI is InChI=1S/C14H18IN3O2.ClH/c1-10(16)13(19)17-6-8-18(9-7-17)14(20)11-4-2-3-5-12(11)15;/h2-5,10H,6-9,16H2,1H3;1H/t10-;/m0./s1. The second-order valence-electron chi connectivity index (χ2n) is 4.89. The molecule has 1 atom stereocenters. The van der Waals surface area contributed by atoms with Gasteiger partial charge in [0.05, 0.1) is 11.6 Å². The number of halogens is 2. The smallest absolute Gasteiger partial charge is 0.255 e. The summed E-state index contributed by atoms with van der Waals surface area (Å²) in [5, 5.41) is 0. The van der Waals surface area contributed by atoms with Gasteiger partial charge in [-0.2, -0.15) is 0 Å². The van der Waals surface area contributed by atoms with Crippen molar-refractivity contribution in [1.82, 2.24) is 9.80 Å². The largest absolute Gasteiger partial charge is 0.338 e. The number of hydrogen-bond donors (Lipinski definition) is 1. The van der Waals surface area contributed by atoms with Crippen LogP contribution < -0.4 is 5.73 Å². The maximum atomic E-state index is 12.4. The number of carbonyl (C=O) groups excluding carboxylic acids is 2. The minimum Gasteiger partial charge on any atom is -0.338 e. The molecule has 0 unspecified atom stereocenters. The van der Waals surface area contributed by atoms with E-state index in [1.165, 1.54) is 0 Å². The van der Waals surface area contributed by atoms with E-state index in [9.17, 15) is 9.59 Å². The second-order valence-corrected chi connectivity index (χ2v) is 6.05. The molecule has 7 heteroatoms. The van der Waals surface area contributed by atoms with Crippen molar-refractivity contribution in [3.8, 4) is 0 Å². The molecule has 1 fully saturated rings. The third-order valence-electron chi connectivity index (χ3n) is 3.37. The van der Waals surface area contributed by atoms with Gasteiger partial charge >= 0.3 is 0 Å². The molecule has 5 nitrogen and oxygen atoms in total. The van der Waals surface area contributed by atoms with Crippen molar-refractivity contribution in [2.45, 2.75) is 13.0 Å². The minimum atomic E-state index is -0.479. The van der Waals surface area contributed by atoms with Crippen molar-refractivity contribution in [2.75, 3.05) is 26.2 Å². The highest BCUT2D eigenvalue weighted by Crippen LogP contribution is 2.15. The predicted molar refractivity (Wildman–Crippen MR) is 92.5 cm³/mol. The van der Waals surface area contributed by atoms with Crippen LogP contribution in [-0.2, 0) is 4.79 Å². The first-order chi connectivity index (χ1) is 9.50. The Morgan fingerprint density at radius 3 is 2.19 bits per heavy atom. The Morgan fingerprint density at radius 2 is 1.67 bits per heavy atom. The molecule has 1 aromatic carbocycles. The third kappa shape index (κ3) is 4.31. The van der Waals surface area contributed by atoms with Gasteiger partial charge in [-0.1, -0.05) is 12.1 Å². The number of benzene rings is 1. The van der Waals surface area contributed by atoms with Gasteiger partial charge in [-0.25, -0.2) is 0 Å². The molecule has 1 aliphatic heterocycles. The first-order valence-electron chi connectivity index (χ1n) is 6.59. The lowest BCUT2D eigenvalue weighted by Gasteiger charge is -2.35. The summed E-state index contributed by atoms with van der Waals surface area (Å²) < 4.78 is 0.948. The van der Waals surface area contributed by atoms with Gasteiger partial charge < -0.3 is 15.5 Å². The van der Waals surface area contributed by atoms with Gasteiger partial charge in [-0.15, -0.1) is 12.4 Å². The van der Waals surface area contributed by atoms with Gasteiger partial charge in [-0.3, -0.25) is 9.59 Å². The second kappa shape index (κ2) is 7.95. The van der Waals surface area contributed by atoms with E-state index in [-0.39, 0.29) is 24.2 Å². The van der Waals surface area contributed by atoms with Crippen LogP contribution in [0.5, 0.6) is 0 Å². The van der Waals surface area contributed by atoms with Crippen LogP contribution in [0.4, 0.5) is 0 Å². The summed E-state index contributed by atoms with van der Waals surface area (Å²) in [5.74, 6) is -0.0192. The molecular weight excluding hydrogens is 405 g/mol. The summed E-state index contributed by atoms with van der Waals surface area (Å²) in [4.78, 5) is 27.7. The fourth-order valence-electron chi connectivity index (χ4n) is 2.22. The molecule has 116 valence electrons. The third-order valence-corrected chi connectivity index (χ3v) is 4.31. The van der Waals surface area contributed by atoms with Crippen LogP contribution in [0.15, 0.2) is 24.3 Å². The monoisotopic (exact) mass is 423 g/mol. The number of rotatable bonds is 2. The predicted octanol–water partition coefficient (Wildman–Crippen LogP) is 1.34. The topological polar surface area (TPSA) is 66.6 Å². The number of carbonyl (C=O) groups is 2. The number of piperazine rings is 1. The summed E-state index contributed by atoms with van der Waals surface area (Å²) in [6, 6.07) is 7.06. The minimum absolute atomic E-state index is 0. The quantitative estimate of drug-likeness (QED) is 0.730. The molecule has 0 aromatic heterocycles. The maximum Gasteiger partial charge on any atom is 0.255 e. The first-order valence-corrected chi connectivity index (χ1v) is 7.66. The SMILES string of the molecule is C[C@H](N)C(=O)N1CCN(C(=O)c2ccccc2I)CC1.Cl. The summed E-state index contributed by atoms with van der Waals surface area (Å²) in [5.41, 5.74) is 6.32. The summed E-state index contributed by atoms with van der Waals surface area (Å²) in [6.45, 7) is 3.90. The Bertz CT molecular complexity index is 517. The first kappa shape index (κ1) is 18.2. The molecule has 1 aliphatic rings. The average Bonchev–Trinajstić information content (AvgIpc) is 2.46. The van der Waals surface area contributed by atoms with E-state index in [2.05, 4.69) is 22.6 Å². The molecule has 2 amide bonds. The van der Waals surface area contributed by atoms with Gasteiger partial charge in [0.1, 0.15) is 0 Å². The van der Waals surface area contributed by atoms with Crippen LogP contribution in [0.1, 0.15) is 17.3 Å². The molecule has 1 saturated heterocycles. The summed E-state index contributed by atoms with van der Waals surface area (Å²) >= 11 is 2.17. The van der Waals surface area contributed by atoms with E-state index in [1.54, 1.807) is 16.7 Å². The van der Waals surface area contributed by atoms with Crippen LogP contribution in [-0.4, -0.2) is 53.8 Å². The number of amides is 2. The molecule has 0 saturated carbocycles. The van der Waals surface area contributed by atoms with Crippen molar-refractivity contribution in [3.05, 3.63) is 33.4 Å². The normalized spacial score (nSPS) is 16.1. The highest BCUT2D eigenvalue weighted by atomic mass is 127. The van der Waals surface area contributed by atoms with Gasteiger partial charge in [0.2, 0.25) is 5.91 Å². The van der Waals surface area contributed by atoms with E-state index in [4.69, 9.17) is 5.73 Å². The lowest BCUT2D eigenvalue weighted by molar-refractivity contribution is -0.133. The van der Waals surface area contributed by atoms with Crippen molar-refractivity contribution >= 4 is 46.8 Å². The highest BCUT2D eigenvalue weighted by Gasteiger charge is 2.26. The molecular formula is C14H19ClIN3O2. The molecule has 0 aliphatic carbocycles. The molecule has 2 N–H and O–H groups in total. The summed E-state index contributed by atoms with van der Waals surface area (Å²) in [6.07, 6.45) is 0. The molecule has 1 aromatic rings. The summed E-state index contributed by atoms with van der Waals surface area (Å²) in [7, 11) is 0. The Morgan fingerprint density at radius 1 is 1.14 bits per heavy atom. The highest BCUT2D eigenvalue weighted by molar-refractivity contribution is 14.1. The fraction of sp³-hybridized carbons (Fsp3) is 0.429. The Kier molecular flexibility index (Phi) is 6.89. The van der Waals surface area contributed by atoms with Gasteiger partial charge in [-0.05, 0) is 41.6 Å². The Hall–Kier alpha value is -0.860. The molecule has 0 bridgehead atoms. The number of hydrogen-bond acceptors (Lipinski definition) is 3.